The van der Waals surface area contributed by atoms with E-state index in [9.17, 15) is 9.90 Å². The van der Waals surface area contributed by atoms with E-state index >= 15 is 0 Å². The molecule has 0 atom stereocenters. The van der Waals surface area contributed by atoms with Gasteiger partial charge in [-0.15, -0.1) is 5.10 Å². The summed E-state index contributed by atoms with van der Waals surface area (Å²) in [6, 6.07) is 53.2. The molecule has 0 amide bonds. The molecule has 0 fully saturated rings. The van der Waals surface area contributed by atoms with Crippen molar-refractivity contribution in [1.82, 2.24) is 29.8 Å². The van der Waals surface area contributed by atoms with E-state index in [2.05, 4.69) is 126 Å². The van der Waals surface area contributed by atoms with Crippen molar-refractivity contribution in [1.29, 1.82) is 0 Å². The zero-order chi connectivity index (χ0) is 36.2. The zero-order valence-electron chi connectivity index (χ0n) is 29.4. The van der Waals surface area contributed by atoms with Crippen LogP contribution in [-0.4, -0.2) is 40.8 Å². The van der Waals surface area contributed by atoms with Gasteiger partial charge in [0.1, 0.15) is 11.4 Å². The van der Waals surface area contributed by atoms with Crippen LogP contribution in [-0.2, 0) is 18.5 Å². The molecule has 1 N–H and O–H groups in total. The first kappa shape index (κ1) is 33.5. The van der Waals surface area contributed by atoms with Crippen LogP contribution < -0.4 is 0 Å². The predicted octanol–water partition coefficient (Wildman–Crippen LogP) is 9.29. The lowest BCUT2D eigenvalue weighted by atomic mass is 9.77. The Hall–Kier alpha value is -6.67. The molecule has 0 bridgehead atoms. The number of rotatable bonds is 12. The molecule has 260 valence electrons. The summed E-state index contributed by atoms with van der Waals surface area (Å²) in [5.74, 6) is 0.576. The predicted molar refractivity (Wildman–Crippen MR) is 208 cm³/mol. The largest absolute Gasteiger partial charge is 0.478 e. The summed E-state index contributed by atoms with van der Waals surface area (Å²) in [6.45, 7) is 2.66. The lowest BCUT2D eigenvalue weighted by Crippen LogP contribution is -2.39. The fraction of sp³-hybridized carbons (Fsp3) is 0.133. The normalized spacial score (nSPS) is 11.6. The molecule has 0 saturated carbocycles. The van der Waals surface area contributed by atoms with Crippen LogP contribution in [0, 0.1) is 0 Å². The Morgan fingerprint density at radius 3 is 1.85 bits per heavy atom. The lowest BCUT2D eigenvalue weighted by molar-refractivity contribution is 0.0698. The Morgan fingerprint density at radius 1 is 0.679 bits per heavy atom. The van der Waals surface area contributed by atoms with E-state index in [4.69, 9.17) is 15.3 Å². The monoisotopic (exact) mass is 694 g/mol. The molecule has 0 saturated heterocycles. The highest BCUT2D eigenvalue weighted by Crippen LogP contribution is 2.43. The second-order valence-electron chi connectivity index (χ2n) is 13.2. The summed E-state index contributed by atoms with van der Waals surface area (Å²) >= 11 is 0. The highest BCUT2D eigenvalue weighted by Gasteiger charge is 2.42. The molecule has 0 aliphatic heterocycles. The molecule has 0 aliphatic rings. The van der Waals surface area contributed by atoms with Gasteiger partial charge in [-0.25, -0.2) is 14.5 Å². The van der Waals surface area contributed by atoms with Crippen LogP contribution in [0.15, 0.2) is 158 Å². The van der Waals surface area contributed by atoms with Crippen molar-refractivity contribution in [3.8, 4) is 22.5 Å². The van der Waals surface area contributed by atoms with E-state index in [1.807, 2.05) is 41.1 Å². The third-order valence-electron chi connectivity index (χ3n) is 9.97. The fourth-order valence-electron chi connectivity index (χ4n) is 7.49. The molecule has 8 nitrogen and oxygen atoms in total. The average Bonchev–Trinajstić information content (AvgIpc) is 3.84. The van der Waals surface area contributed by atoms with Crippen molar-refractivity contribution in [2.24, 2.45) is 0 Å². The second-order valence-corrected chi connectivity index (χ2v) is 13.2. The number of tetrazole rings is 1. The molecule has 6 aromatic carbocycles. The number of carboxylic acids is 1. The van der Waals surface area contributed by atoms with Gasteiger partial charge in [0.15, 0.2) is 5.82 Å². The first-order valence-electron chi connectivity index (χ1n) is 17.9. The Morgan fingerprint density at radius 2 is 1.26 bits per heavy atom. The number of aryl methyl sites for hydroxylation is 1. The number of hydrogen-bond donors (Lipinski definition) is 1. The molecule has 0 aliphatic carbocycles. The first-order valence-corrected chi connectivity index (χ1v) is 17.9. The number of imidazole rings is 1. The molecular formula is C45H38N6O2. The number of unbranched alkanes of at least 4 members (excludes halogenated alkanes) is 1. The average molecular weight is 695 g/mol. The molecular weight excluding hydrogens is 657 g/mol. The van der Waals surface area contributed by atoms with E-state index in [1.54, 1.807) is 12.1 Å². The van der Waals surface area contributed by atoms with E-state index in [0.717, 1.165) is 64.0 Å². The van der Waals surface area contributed by atoms with E-state index < -0.39 is 11.5 Å². The third-order valence-corrected chi connectivity index (χ3v) is 9.97. The van der Waals surface area contributed by atoms with Gasteiger partial charge >= 0.3 is 5.97 Å². The van der Waals surface area contributed by atoms with Gasteiger partial charge in [0.05, 0.1) is 16.6 Å². The van der Waals surface area contributed by atoms with Crippen LogP contribution in [0.5, 0.6) is 0 Å². The number of carbonyl (C=O) groups is 1. The highest BCUT2D eigenvalue weighted by molar-refractivity contribution is 6.01. The number of aromatic nitrogens is 6. The third kappa shape index (κ3) is 6.08. The van der Waals surface area contributed by atoms with Gasteiger partial charge in [0.2, 0.25) is 0 Å². The fourth-order valence-corrected chi connectivity index (χ4v) is 7.49. The minimum Gasteiger partial charge on any atom is -0.478 e. The van der Waals surface area contributed by atoms with Crippen molar-refractivity contribution in [2.75, 3.05) is 0 Å². The maximum atomic E-state index is 12.2. The molecule has 0 spiro atoms. The lowest BCUT2D eigenvalue weighted by Gasteiger charge is -2.36. The number of hydrogen-bond acceptors (Lipinski definition) is 5. The quantitative estimate of drug-likeness (QED) is 0.128. The van der Waals surface area contributed by atoms with Crippen molar-refractivity contribution in [3.05, 3.63) is 191 Å². The summed E-state index contributed by atoms with van der Waals surface area (Å²) < 4.78 is 4.03. The molecule has 8 heteroatoms. The highest BCUT2D eigenvalue weighted by atomic mass is 16.4. The first-order chi connectivity index (χ1) is 26.1. The number of para-hydroxylation sites is 1. The summed E-state index contributed by atoms with van der Waals surface area (Å²) in [6.07, 6.45) is 2.78. The maximum Gasteiger partial charge on any atom is 0.337 e. The van der Waals surface area contributed by atoms with Crippen LogP contribution in [0.1, 0.15) is 58.2 Å². The molecule has 8 rings (SSSR count). The Labute approximate surface area is 308 Å². The number of aromatic carboxylic acids is 1. The van der Waals surface area contributed by atoms with Crippen LogP contribution in [0.3, 0.4) is 0 Å². The minimum absolute atomic E-state index is 0.263. The minimum atomic E-state index is -0.955. The summed E-state index contributed by atoms with van der Waals surface area (Å²) in [7, 11) is 0. The van der Waals surface area contributed by atoms with E-state index in [-0.39, 0.29) is 5.56 Å². The van der Waals surface area contributed by atoms with E-state index in [0.29, 0.717) is 23.4 Å². The molecule has 53 heavy (non-hydrogen) atoms. The Kier molecular flexibility index (Phi) is 9.17. The van der Waals surface area contributed by atoms with Gasteiger partial charge < -0.3 is 9.67 Å². The topological polar surface area (TPSA) is 98.7 Å². The van der Waals surface area contributed by atoms with Crippen LogP contribution in [0.2, 0.25) is 0 Å². The second kappa shape index (κ2) is 14.5. The van der Waals surface area contributed by atoms with Crippen LogP contribution in [0.25, 0.3) is 33.5 Å². The number of benzene rings is 6. The molecule has 0 radical (unpaired) electrons. The zero-order valence-corrected chi connectivity index (χ0v) is 29.4. The van der Waals surface area contributed by atoms with Gasteiger partial charge in [-0.3, -0.25) is 0 Å². The maximum absolute atomic E-state index is 12.2. The number of carboxylic acid groups (broad SMARTS) is 1. The van der Waals surface area contributed by atoms with Gasteiger partial charge in [-0.1, -0.05) is 159 Å². The van der Waals surface area contributed by atoms with Gasteiger partial charge in [-0.05, 0) is 62.4 Å². The number of fused-ring (bicyclic) bond motifs is 1. The van der Waals surface area contributed by atoms with Crippen molar-refractivity contribution < 1.29 is 9.90 Å². The summed E-state index contributed by atoms with van der Waals surface area (Å²) in [4.78, 5) is 17.1. The van der Waals surface area contributed by atoms with Crippen LogP contribution >= 0.6 is 0 Å². The van der Waals surface area contributed by atoms with Gasteiger partial charge in [0.25, 0.3) is 0 Å². The van der Waals surface area contributed by atoms with Crippen molar-refractivity contribution in [2.45, 2.75) is 38.3 Å². The Balaban J connectivity index is 1.23. The SMILES string of the molecule is CCCCc1nc2cccc(C(=O)O)c2n1Cc1ccc(-c2ccccc2-c2nnnn2C(c2ccccc2)(c2ccccc2)c2ccccc2)cc1. The smallest absolute Gasteiger partial charge is 0.337 e. The number of nitrogens with zero attached hydrogens (tertiary/aromatic N) is 6. The van der Waals surface area contributed by atoms with E-state index in [1.165, 1.54) is 0 Å². The summed E-state index contributed by atoms with van der Waals surface area (Å²) in [5, 5.41) is 23.8. The standard InChI is InChI=1S/C45H38N6O2/c1-2-3-26-41-46-40-25-15-24-39(44(52)53)42(40)50(41)31-32-27-29-33(30-28-32)37-22-13-14-23-38(37)43-47-48-49-51(43)45(34-16-7-4-8-17-34,35-18-9-5-10-19-35)36-20-11-6-12-21-36/h4-25,27-30H,2-3,26,31H2,1H3,(H,52,53). The van der Waals surface area contributed by atoms with Crippen molar-refractivity contribution in [3.63, 3.8) is 0 Å². The molecule has 2 aromatic heterocycles. The molecule has 8 aromatic rings. The van der Waals surface area contributed by atoms with Crippen molar-refractivity contribution >= 4 is 17.0 Å². The summed E-state index contributed by atoms with van der Waals surface area (Å²) in [5.41, 5.74) is 7.78. The Bertz CT molecular complexity index is 2390. The van der Waals surface area contributed by atoms with Gasteiger partial charge in [0, 0.05) is 18.5 Å². The molecule has 2 heterocycles. The van der Waals surface area contributed by atoms with Gasteiger partial charge in [-0.2, -0.15) is 0 Å². The van der Waals surface area contributed by atoms with Crippen LogP contribution in [0.4, 0.5) is 0 Å². The molecule has 0 unspecified atom stereocenters.